The Morgan fingerprint density at radius 3 is 2.48 bits per heavy atom. The molecule has 0 spiro atoms. The molecule has 0 amide bonds. The molecular weight excluding hydrogens is 278 g/mol. The molecule has 0 bridgehead atoms. The van der Waals surface area contributed by atoms with Gasteiger partial charge in [0.15, 0.2) is 6.10 Å². The van der Waals surface area contributed by atoms with E-state index >= 15 is 0 Å². The molecular formula is C16H14F2O3. The lowest BCUT2D eigenvalue weighted by Gasteiger charge is -2.14. The Balaban J connectivity index is 2.15. The summed E-state index contributed by atoms with van der Waals surface area (Å²) in [5.41, 5.74) is -0.202. The quantitative estimate of drug-likeness (QED) is 0.790. The van der Waals surface area contributed by atoms with Crippen LogP contribution >= 0.6 is 0 Å². The van der Waals surface area contributed by atoms with Crippen LogP contribution in [0, 0.1) is 11.6 Å². The number of rotatable bonds is 5. The molecule has 0 aliphatic carbocycles. The van der Waals surface area contributed by atoms with Gasteiger partial charge in [0, 0.05) is 12.1 Å². The van der Waals surface area contributed by atoms with Crippen molar-refractivity contribution < 1.29 is 23.0 Å². The zero-order valence-electron chi connectivity index (χ0n) is 11.6. The van der Waals surface area contributed by atoms with Crippen molar-refractivity contribution in [1.29, 1.82) is 0 Å². The molecule has 0 saturated carbocycles. The van der Waals surface area contributed by atoms with Crippen LogP contribution in [0.25, 0.3) is 0 Å². The molecule has 0 aliphatic heterocycles. The molecule has 2 rings (SSSR count). The molecule has 0 aromatic heterocycles. The minimum Gasteiger partial charge on any atom is -0.497 e. The molecule has 0 radical (unpaired) electrons. The highest BCUT2D eigenvalue weighted by Crippen LogP contribution is 2.21. The summed E-state index contributed by atoms with van der Waals surface area (Å²) in [5.74, 6) is -1.18. The lowest BCUT2D eigenvalue weighted by molar-refractivity contribution is 0.0813. The molecule has 1 atom stereocenters. The van der Waals surface area contributed by atoms with Crippen molar-refractivity contribution in [3.8, 4) is 11.5 Å². The molecule has 0 fully saturated rings. The number of methoxy groups -OCH3 is 1. The lowest BCUT2D eigenvalue weighted by atomic mass is 10.1. The summed E-state index contributed by atoms with van der Waals surface area (Å²) in [6, 6.07) is 9.54. The van der Waals surface area contributed by atoms with Gasteiger partial charge in [-0.1, -0.05) is 6.07 Å². The third kappa shape index (κ3) is 3.56. The summed E-state index contributed by atoms with van der Waals surface area (Å²) in [6.07, 6.45) is -0.905. The van der Waals surface area contributed by atoms with Crippen LogP contribution < -0.4 is 9.47 Å². The van der Waals surface area contributed by atoms with Gasteiger partial charge in [-0.15, -0.1) is 0 Å². The van der Waals surface area contributed by atoms with Gasteiger partial charge < -0.3 is 9.47 Å². The summed E-state index contributed by atoms with van der Waals surface area (Å²) in [4.78, 5) is 12.1. The molecule has 1 unspecified atom stereocenters. The maximum Gasteiger partial charge on any atom is 0.205 e. The summed E-state index contributed by atoms with van der Waals surface area (Å²) in [5, 5.41) is 0. The van der Waals surface area contributed by atoms with E-state index in [1.54, 1.807) is 24.3 Å². The summed E-state index contributed by atoms with van der Waals surface area (Å²) in [7, 11) is 1.52. The van der Waals surface area contributed by atoms with Crippen molar-refractivity contribution in [2.75, 3.05) is 7.11 Å². The Bertz CT molecular complexity index is 656. The molecule has 0 saturated heterocycles. The average Bonchev–Trinajstić information content (AvgIpc) is 2.46. The Morgan fingerprint density at radius 1 is 1.10 bits per heavy atom. The predicted molar refractivity (Wildman–Crippen MR) is 73.8 cm³/mol. The second-order valence-electron chi connectivity index (χ2n) is 4.43. The molecule has 0 heterocycles. The van der Waals surface area contributed by atoms with Crippen molar-refractivity contribution in [3.05, 3.63) is 59.7 Å². The fourth-order valence-corrected chi connectivity index (χ4v) is 1.84. The lowest BCUT2D eigenvalue weighted by Crippen LogP contribution is -2.24. The van der Waals surface area contributed by atoms with Crippen LogP contribution in [-0.4, -0.2) is 19.0 Å². The van der Waals surface area contributed by atoms with Crippen molar-refractivity contribution >= 4 is 5.78 Å². The zero-order chi connectivity index (χ0) is 15.4. The van der Waals surface area contributed by atoms with E-state index < -0.39 is 23.5 Å². The van der Waals surface area contributed by atoms with Crippen LogP contribution in [0.3, 0.4) is 0 Å². The second kappa shape index (κ2) is 6.35. The van der Waals surface area contributed by atoms with Gasteiger partial charge in [0.1, 0.15) is 23.1 Å². The maximum absolute atomic E-state index is 13.6. The largest absolute Gasteiger partial charge is 0.497 e. The maximum atomic E-state index is 13.6. The summed E-state index contributed by atoms with van der Waals surface area (Å²) >= 11 is 0. The van der Waals surface area contributed by atoms with Crippen LogP contribution in [-0.2, 0) is 0 Å². The Kier molecular flexibility index (Phi) is 4.52. The third-order valence-electron chi connectivity index (χ3n) is 2.92. The normalized spacial score (nSPS) is 11.8. The van der Waals surface area contributed by atoms with Gasteiger partial charge in [-0.2, -0.15) is 0 Å². The smallest absolute Gasteiger partial charge is 0.205 e. The van der Waals surface area contributed by atoms with Crippen LogP contribution in [0.1, 0.15) is 17.3 Å². The highest BCUT2D eigenvalue weighted by atomic mass is 19.1. The molecule has 110 valence electrons. The molecule has 0 aliphatic rings. The van der Waals surface area contributed by atoms with Crippen LogP contribution in [0.5, 0.6) is 11.5 Å². The molecule has 21 heavy (non-hydrogen) atoms. The van der Waals surface area contributed by atoms with Gasteiger partial charge in [-0.3, -0.25) is 4.79 Å². The Hall–Kier alpha value is -2.43. The van der Waals surface area contributed by atoms with Crippen LogP contribution in [0.2, 0.25) is 0 Å². The first-order valence-corrected chi connectivity index (χ1v) is 6.31. The highest BCUT2D eigenvalue weighted by molar-refractivity contribution is 5.99. The number of hydrogen-bond acceptors (Lipinski definition) is 3. The predicted octanol–water partition coefficient (Wildman–Crippen LogP) is 3.62. The van der Waals surface area contributed by atoms with Crippen LogP contribution in [0.15, 0.2) is 42.5 Å². The molecule has 2 aromatic carbocycles. The van der Waals surface area contributed by atoms with E-state index in [1.165, 1.54) is 14.0 Å². The number of ketones is 1. The van der Waals surface area contributed by atoms with E-state index in [1.807, 2.05) is 0 Å². The number of halogens is 2. The SMILES string of the molecule is COc1cccc(OC(C)C(=O)c2ccc(F)cc2F)c1. The minimum atomic E-state index is -0.905. The average molecular weight is 292 g/mol. The fraction of sp³-hybridized carbons (Fsp3) is 0.188. The highest BCUT2D eigenvalue weighted by Gasteiger charge is 2.20. The Morgan fingerprint density at radius 2 is 1.81 bits per heavy atom. The van der Waals surface area contributed by atoms with Crippen molar-refractivity contribution in [3.63, 3.8) is 0 Å². The zero-order valence-corrected chi connectivity index (χ0v) is 11.6. The molecule has 5 heteroatoms. The first-order chi connectivity index (χ1) is 10.0. The monoisotopic (exact) mass is 292 g/mol. The molecule has 0 N–H and O–H groups in total. The minimum absolute atomic E-state index is 0.202. The first-order valence-electron chi connectivity index (χ1n) is 6.31. The fourth-order valence-electron chi connectivity index (χ4n) is 1.84. The van der Waals surface area contributed by atoms with Gasteiger partial charge >= 0.3 is 0 Å². The van der Waals surface area contributed by atoms with E-state index in [4.69, 9.17) is 9.47 Å². The second-order valence-corrected chi connectivity index (χ2v) is 4.43. The van der Waals surface area contributed by atoms with Gasteiger partial charge in [-0.25, -0.2) is 8.78 Å². The number of benzene rings is 2. The third-order valence-corrected chi connectivity index (χ3v) is 2.92. The van der Waals surface area contributed by atoms with Crippen LogP contribution in [0.4, 0.5) is 8.78 Å². The molecule has 2 aromatic rings. The van der Waals surface area contributed by atoms with E-state index in [2.05, 4.69) is 0 Å². The number of carbonyl (C=O) groups excluding carboxylic acids is 1. The number of carbonyl (C=O) groups is 1. The van der Waals surface area contributed by atoms with E-state index in [0.29, 0.717) is 17.6 Å². The van der Waals surface area contributed by atoms with Crippen molar-refractivity contribution in [1.82, 2.24) is 0 Å². The van der Waals surface area contributed by atoms with Gasteiger partial charge in [0.25, 0.3) is 0 Å². The number of ether oxygens (including phenoxy) is 2. The first kappa shape index (κ1) is 15.0. The summed E-state index contributed by atoms with van der Waals surface area (Å²) < 4.78 is 36.9. The van der Waals surface area contributed by atoms with Gasteiger partial charge in [-0.05, 0) is 31.2 Å². The van der Waals surface area contributed by atoms with Crippen molar-refractivity contribution in [2.24, 2.45) is 0 Å². The van der Waals surface area contributed by atoms with E-state index in [-0.39, 0.29) is 5.56 Å². The number of hydrogen-bond donors (Lipinski definition) is 0. The van der Waals surface area contributed by atoms with Gasteiger partial charge in [0.2, 0.25) is 5.78 Å². The standard InChI is InChI=1S/C16H14F2O3/c1-10(21-13-5-3-4-12(9-13)20-2)16(19)14-7-6-11(17)8-15(14)18/h3-10H,1-2H3. The van der Waals surface area contributed by atoms with Crippen molar-refractivity contribution in [2.45, 2.75) is 13.0 Å². The number of Topliss-reactive ketones (excluding diaryl/α,β-unsaturated/α-hetero) is 1. The van der Waals surface area contributed by atoms with Gasteiger partial charge in [0.05, 0.1) is 12.7 Å². The summed E-state index contributed by atoms with van der Waals surface area (Å²) in [6.45, 7) is 1.50. The Labute approximate surface area is 121 Å². The molecule has 3 nitrogen and oxygen atoms in total. The van der Waals surface area contributed by atoms with E-state index in [9.17, 15) is 13.6 Å². The van der Waals surface area contributed by atoms with E-state index in [0.717, 1.165) is 12.1 Å². The topological polar surface area (TPSA) is 35.5 Å².